The van der Waals surface area contributed by atoms with Crippen LogP contribution < -0.4 is 10.6 Å². The first-order valence-electron chi connectivity index (χ1n) is 6.20. The molecular formula is C13H17N3O2. The zero-order chi connectivity index (χ0) is 12.6. The van der Waals surface area contributed by atoms with Gasteiger partial charge in [0, 0.05) is 51.1 Å². The first-order chi connectivity index (χ1) is 8.74. The van der Waals surface area contributed by atoms with Gasteiger partial charge in [-0.15, -0.1) is 0 Å². The molecular weight excluding hydrogens is 230 g/mol. The summed E-state index contributed by atoms with van der Waals surface area (Å²) in [6, 6.07) is 3.57. The van der Waals surface area contributed by atoms with Gasteiger partial charge in [-0.05, 0) is 12.1 Å². The van der Waals surface area contributed by atoms with E-state index in [1.807, 2.05) is 0 Å². The van der Waals surface area contributed by atoms with Crippen LogP contribution in [-0.4, -0.2) is 48.7 Å². The molecule has 2 heterocycles. The normalized spacial score (nSPS) is 34.5. The molecule has 2 unspecified atom stereocenters. The molecule has 2 atom stereocenters. The molecule has 5 nitrogen and oxygen atoms in total. The lowest BCUT2D eigenvalue weighted by Crippen LogP contribution is -2.57. The third-order valence-electron chi connectivity index (χ3n) is 4.03. The monoisotopic (exact) mass is 247 g/mol. The van der Waals surface area contributed by atoms with Crippen LogP contribution in [0.1, 0.15) is 16.8 Å². The lowest BCUT2D eigenvalue weighted by Gasteiger charge is -2.29. The minimum absolute atomic E-state index is 0.0225. The molecule has 18 heavy (non-hydrogen) atoms. The summed E-state index contributed by atoms with van der Waals surface area (Å²) in [4.78, 5) is 16.6. The van der Waals surface area contributed by atoms with E-state index in [4.69, 9.17) is 4.74 Å². The Morgan fingerprint density at radius 3 is 3.00 bits per heavy atom. The Bertz CT molecular complexity index is 457. The maximum atomic E-state index is 12.6. The molecule has 1 aliphatic carbocycles. The van der Waals surface area contributed by atoms with E-state index in [1.165, 1.54) is 0 Å². The molecule has 3 rings (SSSR count). The average molecular weight is 247 g/mol. The molecule has 1 aliphatic heterocycles. The van der Waals surface area contributed by atoms with Gasteiger partial charge in [0.25, 0.3) is 0 Å². The number of carbonyl (C=O) groups excluding carboxylic acids is 1. The molecule has 1 saturated heterocycles. The third-order valence-corrected chi connectivity index (χ3v) is 4.03. The van der Waals surface area contributed by atoms with Gasteiger partial charge in [-0.1, -0.05) is 0 Å². The van der Waals surface area contributed by atoms with Crippen LogP contribution in [-0.2, 0) is 4.74 Å². The largest absolute Gasteiger partial charge is 0.368 e. The molecule has 0 bridgehead atoms. The number of Topliss-reactive ketones (excluding diaryl/α,β-unsaturated/α-hetero) is 1. The number of hydrogen-bond acceptors (Lipinski definition) is 5. The van der Waals surface area contributed by atoms with Gasteiger partial charge in [-0.25, -0.2) is 0 Å². The van der Waals surface area contributed by atoms with Crippen LogP contribution in [0.3, 0.4) is 0 Å². The van der Waals surface area contributed by atoms with E-state index in [1.54, 1.807) is 31.6 Å². The molecule has 0 aromatic carbocycles. The Balaban J connectivity index is 1.88. The standard InChI is InChI=1S/C13H17N3O2/c1-18-13(8-12(13)9-15-5-6-16-12)11(17)10-3-2-4-14-7-10/h2-4,7,15-16H,5-6,8-9H2,1H3. The predicted molar refractivity (Wildman–Crippen MR) is 66.5 cm³/mol. The predicted octanol–water partition coefficient (Wildman–Crippen LogP) is -0.0152. The van der Waals surface area contributed by atoms with E-state index in [0.717, 1.165) is 26.1 Å². The van der Waals surface area contributed by atoms with Crippen LogP contribution in [0.4, 0.5) is 0 Å². The maximum absolute atomic E-state index is 12.6. The summed E-state index contributed by atoms with van der Waals surface area (Å²) in [6.45, 7) is 2.57. The Hall–Kier alpha value is -1.30. The van der Waals surface area contributed by atoms with E-state index in [9.17, 15) is 4.79 Å². The number of rotatable bonds is 3. The zero-order valence-electron chi connectivity index (χ0n) is 10.4. The van der Waals surface area contributed by atoms with Gasteiger partial charge < -0.3 is 15.4 Å². The van der Waals surface area contributed by atoms with Crippen molar-refractivity contribution in [2.24, 2.45) is 0 Å². The fourth-order valence-electron chi connectivity index (χ4n) is 2.93. The number of hydrogen-bond donors (Lipinski definition) is 2. The number of piperazine rings is 1. The Morgan fingerprint density at radius 2 is 2.39 bits per heavy atom. The van der Waals surface area contributed by atoms with Crippen LogP contribution in [0.2, 0.25) is 0 Å². The molecule has 0 amide bonds. The number of aromatic nitrogens is 1. The van der Waals surface area contributed by atoms with E-state index in [2.05, 4.69) is 15.6 Å². The van der Waals surface area contributed by atoms with Crippen LogP contribution in [0.5, 0.6) is 0 Å². The molecule has 1 aromatic heterocycles. The van der Waals surface area contributed by atoms with Crippen LogP contribution in [0.15, 0.2) is 24.5 Å². The minimum atomic E-state index is -0.733. The molecule has 5 heteroatoms. The summed E-state index contributed by atoms with van der Waals surface area (Å²) < 4.78 is 5.58. The second-order valence-electron chi connectivity index (χ2n) is 4.96. The molecule has 1 saturated carbocycles. The highest BCUT2D eigenvalue weighted by molar-refractivity contribution is 6.06. The summed E-state index contributed by atoms with van der Waals surface area (Å²) in [7, 11) is 1.61. The molecule has 1 aromatic rings. The van der Waals surface area contributed by atoms with E-state index < -0.39 is 5.60 Å². The Kier molecular flexibility index (Phi) is 2.69. The highest BCUT2D eigenvalue weighted by atomic mass is 16.5. The second-order valence-corrected chi connectivity index (χ2v) is 4.96. The summed E-state index contributed by atoms with van der Waals surface area (Å²) in [5.41, 5.74) is -0.361. The highest BCUT2D eigenvalue weighted by Gasteiger charge is 2.73. The second kappa shape index (κ2) is 4.12. The van der Waals surface area contributed by atoms with Crippen molar-refractivity contribution in [2.45, 2.75) is 17.6 Å². The molecule has 2 aliphatic rings. The maximum Gasteiger partial charge on any atom is 0.198 e. The first kappa shape index (κ1) is 11.8. The summed E-state index contributed by atoms with van der Waals surface area (Å²) >= 11 is 0. The fourth-order valence-corrected chi connectivity index (χ4v) is 2.93. The number of nitrogens with one attached hydrogen (secondary N) is 2. The van der Waals surface area contributed by atoms with Gasteiger partial charge in [0.2, 0.25) is 0 Å². The number of methoxy groups -OCH3 is 1. The Morgan fingerprint density at radius 1 is 1.50 bits per heavy atom. The van der Waals surface area contributed by atoms with Crippen LogP contribution >= 0.6 is 0 Å². The van der Waals surface area contributed by atoms with Crippen molar-refractivity contribution in [3.8, 4) is 0 Å². The SMILES string of the molecule is COC1(C(=O)c2cccnc2)CC12CNCCN2. The highest BCUT2D eigenvalue weighted by Crippen LogP contribution is 2.52. The topological polar surface area (TPSA) is 63.2 Å². The summed E-state index contributed by atoms with van der Waals surface area (Å²) in [5.74, 6) is 0.0225. The van der Waals surface area contributed by atoms with Crippen LogP contribution in [0.25, 0.3) is 0 Å². The van der Waals surface area contributed by atoms with Crippen molar-refractivity contribution in [1.82, 2.24) is 15.6 Å². The van der Waals surface area contributed by atoms with Crippen molar-refractivity contribution in [3.05, 3.63) is 30.1 Å². The lowest BCUT2D eigenvalue weighted by atomic mass is 10.0. The number of ketones is 1. The van der Waals surface area contributed by atoms with Crippen molar-refractivity contribution in [1.29, 1.82) is 0 Å². The number of pyridine rings is 1. The van der Waals surface area contributed by atoms with Crippen molar-refractivity contribution >= 4 is 5.78 Å². The van der Waals surface area contributed by atoms with E-state index in [0.29, 0.717) is 5.56 Å². The molecule has 96 valence electrons. The lowest BCUT2D eigenvalue weighted by molar-refractivity contribution is 0.0373. The van der Waals surface area contributed by atoms with Gasteiger partial charge in [0.05, 0.1) is 5.54 Å². The van der Waals surface area contributed by atoms with Crippen LogP contribution in [0, 0.1) is 0 Å². The smallest absolute Gasteiger partial charge is 0.198 e. The molecule has 0 radical (unpaired) electrons. The first-order valence-corrected chi connectivity index (χ1v) is 6.20. The quantitative estimate of drug-likeness (QED) is 0.735. The summed E-state index contributed by atoms with van der Waals surface area (Å²) in [5, 5.41) is 6.76. The average Bonchev–Trinajstić information content (AvgIpc) is 3.08. The Labute approximate surface area is 106 Å². The van der Waals surface area contributed by atoms with Gasteiger partial charge >= 0.3 is 0 Å². The van der Waals surface area contributed by atoms with Gasteiger partial charge in [0.15, 0.2) is 11.4 Å². The number of ether oxygens (including phenoxy) is 1. The number of nitrogens with zero attached hydrogens (tertiary/aromatic N) is 1. The van der Waals surface area contributed by atoms with Gasteiger partial charge in [-0.3, -0.25) is 9.78 Å². The van der Waals surface area contributed by atoms with Gasteiger partial charge in [-0.2, -0.15) is 0 Å². The molecule has 2 N–H and O–H groups in total. The van der Waals surface area contributed by atoms with Gasteiger partial charge in [0.1, 0.15) is 0 Å². The third kappa shape index (κ3) is 1.51. The van der Waals surface area contributed by atoms with Crippen molar-refractivity contribution < 1.29 is 9.53 Å². The summed E-state index contributed by atoms with van der Waals surface area (Å²) in [6.07, 6.45) is 3.99. The molecule has 2 fully saturated rings. The molecule has 1 spiro atoms. The van der Waals surface area contributed by atoms with E-state index in [-0.39, 0.29) is 11.3 Å². The zero-order valence-corrected chi connectivity index (χ0v) is 10.4. The van der Waals surface area contributed by atoms with E-state index >= 15 is 0 Å². The minimum Gasteiger partial charge on any atom is -0.368 e. The van der Waals surface area contributed by atoms with Crippen molar-refractivity contribution in [3.63, 3.8) is 0 Å². The number of carbonyl (C=O) groups is 1. The fraction of sp³-hybridized carbons (Fsp3) is 0.538. The van der Waals surface area contributed by atoms with Crippen molar-refractivity contribution in [2.75, 3.05) is 26.7 Å².